The first-order chi connectivity index (χ1) is 12.1. The Kier molecular flexibility index (Phi) is 4.87. The summed E-state index contributed by atoms with van der Waals surface area (Å²) in [7, 11) is -0.324. The first kappa shape index (κ1) is 19.9. The lowest BCUT2D eigenvalue weighted by Crippen LogP contribution is -2.41. The summed E-state index contributed by atoms with van der Waals surface area (Å²) in [5.74, 6) is 0. The molecule has 2 aliphatic heterocycles. The fourth-order valence-electron chi connectivity index (χ4n) is 4.50. The summed E-state index contributed by atoms with van der Waals surface area (Å²) in [6.45, 7) is 17.3. The van der Waals surface area contributed by atoms with E-state index in [0.29, 0.717) is 0 Å². The van der Waals surface area contributed by atoms with Crippen LogP contribution in [0.25, 0.3) is 0 Å². The van der Waals surface area contributed by atoms with Crippen molar-refractivity contribution in [3.8, 4) is 0 Å². The van der Waals surface area contributed by atoms with Crippen LogP contribution in [0.4, 0.5) is 0 Å². The molecule has 0 aromatic heterocycles. The quantitative estimate of drug-likeness (QED) is 0.690. The fraction of sp³-hybridized carbons (Fsp3) is 0.727. The van der Waals surface area contributed by atoms with Gasteiger partial charge in [0.05, 0.1) is 22.4 Å². The highest BCUT2D eigenvalue weighted by Gasteiger charge is 2.54. The Morgan fingerprint density at radius 1 is 0.731 bits per heavy atom. The maximum atomic E-state index is 6.82. The highest BCUT2D eigenvalue weighted by atomic mass is 16.7. The Hall–Kier alpha value is -0.835. The Morgan fingerprint density at radius 2 is 1.19 bits per heavy atom. The Balaban J connectivity index is 2.07. The standard InChI is InChI=1S/C22H35BO3/c1-9-21(10-2)17-14-13-16(15-18(17)22(11-3,12-4)24-21)23-25-19(5,6)20(7,8)26-23/h13-15H,9-12H2,1-8H3. The first-order valence-electron chi connectivity index (χ1n) is 10.3. The van der Waals surface area contributed by atoms with Gasteiger partial charge in [0.2, 0.25) is 0 Å². The van der Waals surface area contributed by atoms with Crippen LogP contribution in [0, 0.1) is 0 Å². The summed E-state index contributed by atoms with van der Waals surface area (Å²) in [6, 6.07) is 6.72. The first-order valence-corrected chi connectivity index (χ1v) is 10.3. The van der Waals surface area contributed by atoms with Gasteiger partial charge in [-0.3, -0.25) is 0 Å². The molecule has 0 atom stereocenters. The minimum absolute atomic E-state index is 0.171. The lowest BCUT2D eigenvalue weighted by molar-refractivity contribution is -0.151. The molecule has 144 valence electrons. The molecule has 1 fully saturated rings. The van der Waals surface area contributed by atoms with Crippen LogP contribution in [0.5, 0.6) is 0 Å². The number of hydrogen-bond acceptors (Lipinski definition) is 3. The summed E-state index contributed by atoms with van der Waals surface area (Å²) in [4.78, 5) is 0. The minimum atomic E-state index is -0.324. The minimum Gasteiger partial charge on any atom is -0.399 e. The molecular formula is C22H35BO3. The number of fused-ring (bicyclic) bond motifs is 1. The van der Waals surface area contributed by atoms with Gasteiger partial charge < -0.3 is 14.0 Å². The van der Waals surface area contributed by atoms with E-state index < -0.39 is 0 Å². The summed E-state index contributed by atoms with van der Waals surface area (Å²) in [6.07, 6.45) is 3.94. The van der Waals surface area contributed by atoms with Crippen LogP contribution < -0.4 is 5.46 Å². The maximum absolute atomic E-state index is 6.82. The molecule has 4 heteroatoms. The lowest BCUT2D eigenvalue weighted by Gasteiger charge is -2.34. The van der Waals surface area contributed by atoms with E-state index in [4.69, 9.17) is 14.0 Å². The van der Waals surface area contributed by atoms with Gasteiger partial charge in [0.1, 0.15) is 0 Å². The molecule has 0 spiro atoms. The Bertz CT molecular complexity index is 656. The van der Waals surface area contributed by atoms with Gasteiger partial charge in [-0.2, -0.15) is 0 Å². The van der Waals surface area contributed by atoms with E-state index in [1.807, 2.05) is 0 Å². The van der Waals surface area contributed by atoms with Gasteiger partial charge in [0.15, 0.2) is 0 Å². The molecule has 2 heterocycles. The topological polar surface area (TPSA) is 27.7 Å². The molecule has 0 aliphatic carbocycles. The third kappa shape index (κ3) is 2.68. The number of rotatable bonds is 5. The Labute approximate surface area is 159 Å². The van der Waals surface area contributed by atoms with Crippen molar-refractivity contribution in [3.63, 3.8) is 0 Å². The molecule has 0 bridgehead atoms. The Morgan fingerprint density at radius 3 is 1.65 bits per heavy atom. The van der Waals surface area contributed by atoms with Gasteiger partial charge in [-0.05, 0) is 70.0 Å². The van der Waals surface area contributed by atoms with Gasteiger partial charge in [-0.15, -0.1) is 0 Å². The zero-order valence-corrected chi connectivity index (χ0v) is 17.9. The molecule has 3 rings (SSSR count). The lowest BCUT2D eigenvalue weighted by atomic mass is 9.74. The molecule has 1 aromatic carbocycles. The van der Waals surface area contributed by atoms with Crippen molar-refractivity contribution >= 4 is 12.6 Å². The molecule has 0 radical (unpaired) electrons. The van der Waals surface area contributed by atoms with Crippen LogP contribution in [0.1, 0.15) is 92.2 Å². The van der Waals surface area contributed by atoms with Gasteiger partial charge in [0.25, 0.3) is 0 Å². The molecule has 26 heavy (non-hydrogen) atoms. The number of hydrogen-bond donors (Lipinski definition) is 0. The zero-order chi connectivity index (χ0) is 19.4. The van der Waals surface area contributed by atoms with Crippen molar-refractivity contribution in [2.45, 2.75) is 103 Å². The van der Waals surface area contributed by atoms with Crippen LogP contribution in [0.3, 0.4) is 0 Å². The van der Waals surface area contributed by atoms with Crippen LogP contribution in [-0.4, -0.2) is 18.3 Å². The van der Waals surface area contributed by atoms with Crippen molar-refractivity contribution in [1.82, 2.24) is 0 Å². The third-order valence-corrected chi connectivity index (χ3v) is 7.23. The SMILES string of the molecule is CCC1(CC)OC(CC)(CC)c2cc(B3OC(C)(C)C(C)(C)O3)ccc21. The molecule has 0 unspecified atom stereocenters. The normalized spacial score (nSPS) is 24.7. The van der Waals surface area contributed by atoms with Crippen molar-refractivity contribution in [3.05, 3.63) is 29.3 Å². The number of ether oxygens (including phenoxy) is 1. The summed E-state index contributed by atoms with van der Waals surface area (Å²) in [5, 5.41) is 0. The monoisotopic (exact) mass is 358 g/mol. The van der Waals surface area contributed by atoms with E-state index in [1.54, 1.807) is 0 Å². The second kappa shape index (κ2) is 6.36. The van der Waals surface area contributed by atoms with E-state index in [2.05, 4.69) is 73.6 Å². The van der Waals surface area contributed by atoms with Crippen LogP contribution >= 0.6 is 0 Å². The molecule has 0 saturated carbocycles. The van der Waals surface area contributed by atoms with E-state index in [0.717, 1.165) is 31.1 Å². The maximum Gasteiger partial charge on any atom is 0.494 e. The highest BCUT2D eigenvalue weighted by Crippen LogP contribution is 2.53. The second-order valence-corrected chi connectivity index (χ2v) is 8.90. The van der Waals surface area contributed by atoms with Crippen molar-refractivity contribution in [2.75, 3.05) is 0 Å². The van der Waals surface area contributed by atoms with Gasteiger partial charge in [-0.1, -0.05) is 45.9 Å². The van der Waals surface area contributed by atoms with E-state index in [9.17, 15) is 0 Å². The summed E-state index contributed by atoms with van der Waals surface area (Å²) in [5.41, 5.74) is 2.76. The largest absolute Gasteiger partial charge is 0.494 e. The van der Waals surface area contributed by atoms with E-state index in [-0.39, 0.29) is 29.5 Å². The summed E-state index contributed by atoms with van der Waals surface area (Å²) < 4.78 is 19.4. The predicted octanol–water partition coefficient (Wildman–Crippen LogP) is 5.05. The van der Waals surface area contributed by atoms with Crippen molar-refractivity contribution in [2.24, 2.45) is 0 Å². The van der Waals surface area contributed by atoms with Gasteiger partial charge in [-0.25, -0.2) is 0 Å². The number of benzene rings is 1. The molecule has 0 N–H and O–H groups in total. The van der Waals surface area contributed by atoms with Crippen LogP contribution in [-0.2, 0) is 25.2 Å². The smallest absolute Gasteiger partial charge is 0.399 e. The molecule has 1 saturated heterocycles. The van der Waals surface area contributed by atoms with E-state index >= 15 is 0 Å². The molecule has 1 aromatic rings. The molecule has 2 aliphatic rings. The van der Waals surface area contributed by atoms with Crippen LogP contribution in [0.2, 0.25) is 0 Å². The zero-order valence-electron chi connectivity index (χ0n) is 17.9. The van der Waals surface area contributed by atoms with Crippen LogP contribution in [0.15, 0.2) is 18.2 Å². The second-order valence-electron chi connectivity index (χ2n) is 8.90. The van der Waals surface area contributed by atoms with Gasteiger partial charge in [0, 0.05) is 0 Å². The fourth-order valence-corrected chi connectivity index (χ4v) is 4.50. The highest BCUT2D eigenvalue weighted by molar-refractivity contribution is 6.62. The molecule has 3 nitrogen and oxygen atoms in total. The molecule has 0 amide bonds. The van der Waals surface area contributed by atoms with E-state index in [1.165, 1.54) is 11.1 Å². The third-order valence-electron chi connectivity index (χ3n) is 7.23. The average molecular weight is 358 g/mol. The van der Waals surface area contributed by atoms with Crippen molar-refractivity contribution < 1.29 is 14.0 Å². The molecular weight excluding hydrogens is 323 g/mol. The van der Waals surface area contributed by atoms with Gasteiger partial charge >= 0.3 is 7.12 Å². The predicted molar refractivity (Wildman–Crippen MR) is 108 cm³/mol. The van der Waals surface area contributed by atoms with Crippen molar-refractivity contribution in [1.29, 1.82) is 0 Å². The average Bonchev–Trinajstić information content (AvgIpc) is 3.03. The summed E-state index contributed by atoms with van der Waals surface area (Å²) >= 11 is 0.